The molecule has 344 valence electrons. The van der Waals surface area contributed by atoms with Crippen molar-refractivity contribution in [3.63, 3.8) is 0 Å². The van der Waals surface area contributed by atoms with Crippen LogP contribution in [0.15, 0.2) is 0 Å². The number of carbonyl (C=O) groups is 1. The number of rotatable bonds is 22. The summed E-state index contributed by atoms with van der Waals surface area (Å²) in [5.41, 5.74) is 0.500. The van der Waals surface area contributed by atoms with Crippen LogP contribution in [0, 0.1) is 5.41 Å². The number of hydrogen-bond acceptors (Lipinski definition) is 19. The van der Waals surface area contributed by atoms with Gasteiger partial charge in [0.25, 0.3) is 0 Å². The van der Waals surface area contributed by atoms with Crippen molar-refractivity contribution in [3.8, 4) is 0 Å². The van der Waals surface area contributed by atoms with Gasteiger partial charge in [-0.25, -0.2) is 68.4 Å². The molecule has 0 aromatic heterocycles. The van der Waals surface area contributed by atoms with Gasteiger partial charge in [-0.05, 0) is 51.4 Å². The van der Waals surface area contributed by atoms with Crippen molar-refractivity contribution >= 4 is 75.5 Å². The van der Waals surface area contributed by atoms with Gasteiger partial charge in [-0.2, -0.15) is 0 Å². The number of aliphatic hydroxyl groups excluding tert-OH is 2. The Kier molecular flexibility index (Phi) is 42.1. The summed E-state index contributed by atoms with van der Waals surface area (Å²) in [7, 11) is -23.6. The maximum Gasteiger partial charge on any atom is 1.00 e. The van der Waals surface area contributed by atoms with Crippen molar-refractivity contribution in [2.24, 2.45) is 5.41 Å². The number of carbonyl (C=O) groups excluding carboxylic acids is 1. The molecule has 58 heavy (non-hydrogen) atoms. The van der Waals surface area contributed by atoms with Gasteiger partial charge in [0.2, 0.25) is 20.0 Å². The number of sulfone groups is 4. The van der Waals surface area contributed by atoms with Crippen LogP contribution in [0.4, 0.5) is 0 Å². The van der Waals surface area contributed by atoms with E-state index in [1.54, 1.807) is 0 Å². The van der Waals surface area contributed by atoms with Crippen molar-refractivity contribution in [3.05, 3.63) is 0 Å². The van der Waals surface area contributed by atoms with E-state index in [9.17, 15) is 73.4 Å². The summed E-state index contributed by atoms with van der Waals surface area (Å²) in [5.74, 6) is -2.94. The maximum absolute atomic E-state index is 11.3. The van der Waals surface area contributed by atoms with Gasteiger partial charge in [-0.1, -0.05) is 27.7 Å². The smallest absolute Gasteiger partial charge is 0.748 e. The maximum atomic E-state index is 11.3. The standard InChI is InChI=1S/2C7H17NO5S2.C5H10O4S.C5H12.C4H10O5S2.2Li/c1-7(6-9)8-15(12,13)5-3-4-14(2,10)11;1-7(9)6-8-15(12,13)5-3-4-14(2,10)11;1-10(8,9)4-2-3-5(6)7;1-5(2,3)4;1-10(5,6)3-2-4-11(7,8)9;;/h2*7-9H,3-6H2,1-2H3;2-4H2,1H3,(H,6,7);1-4H3;2-4H2,1H3,(H,7,8,9);;/q;;;;;2*+1/p-2. The van der Waals surface area contributed by atoms with E-state index < -0.39 is 93.4 Å². The van der Waals surface area contributed by atoms with E-state index in [4.69, 9.17) is 10.2 Å². The molecule has 0 saturated carbocycles. The molecular formula is C28H64Li2N2O19S7. The van der Waals surface area contributed by atoms with Crippen LogP contribution in [0.2, 0.25) is 0 Å². The Morgan fingerprint density at radius 2 is 0.879 bits per heavy atom. The number of carboxylic acids is 1. The molecule has 0 saturated heterocycles. The van der Waals surface area contributed by atoms with Crippen LogP contribution in [-0.2, 0) is 74.3 Å². The summed E-state index contributed by atoms with van der Waals surface area (Å²) < 4.78 is 164. The predicted octanol–water partition coefficient (Wildman–Crippen LogP) is -8.97. The predicted molar refractivity (Wildman–Crippen MR) is 214 cm³/mol. The van der Waals surface area contributed by atoms with Crippen molar-refractivity contribution in [2.75, 3.05) is 78.4 Å². The summed E-state index contributed by atoms with van der Waals surface area (Å²) in [6, 6.07) is -0.548. The van der Waals surface area contributed by atoms with E-state index >= 15 is 0 Å². The molecule has 0 radical (unpaired) electrons. The van der Waals surface area contributed by atoms with Crippen LogP contribution >= 0.6 is 0 Å². The van der Waals surface area contributed by atoms with Crippen molar-refractivity contribution < 1.29 is 121 Å². The average Bonchev–Trinajstić information content (AvgIpc) is 2.87. The third-order valence-electron chi connectivity index (χ3n) is 4.92. The largest absolute Gasteiger partial charge is 1.00 e. The van der Waals surface area contributed by atoms with Crippen LogP contribution < -0.4 is 52.3 Å². The summed E-state index contributed by atoms with van der Waals surface area (Å²) in [6.45, 7) is 11.4. The Bertz CT molecular complexity index is 1840. The Labute approximate surface area is 373 Å². The zero-order chi connectivity index (χ0) is 46.0. The van der Waals surface area contributed by atoms with Crippen molar-refractivity contribution in [1.82, 2.24) is 9.44 Å². The minimum atomic E-state index is -4.26. The summed E-state index contributed by atoms with van der Waals surface area (Å²) >= 11 is 0. The monoisotopic (exact) mass is 970 g/mol. The minimum absolute atomic E-state index is 0. The second-order valence-corrected chi connectivity index (χ2v) is 28.7. The van der Waals surface area contributed by atoms with Crippen LogP contribution in [0.5, 0.6) is 0 Å². The quantitative estimate of drug-likeness (QED) is 0.0578. The molecule has 0 heterocycles. The molecule has 0 amide bonds. The molecule has 21 nitrogen and oxygen atoms in total. The molecule has 0 rings (SSSR count). The number of nitrogens with one attached hydrogen (secondary N) is 2. The summed E-state index contributed by atoms with van der Waals surface area (Å²) in [6.07, 6.45) is 3.38. The van der Waals surface area contributed by atoms with Crippen LogP contribution in [0.25, 0.3) is 0 Å². The van der Waals surface area contributed by atoms with E-state index in [-0.39, 0.29) is 117 Å². The summed E-state index contributed by atoms with van der Waals surface area (Å²) in [4.78, 5) is 9.78. The van der Waals surface area contributed by atoms with Crippen LogP contribution in [0.1, 0.15) is 73.6 Å². The van der Waals surface area contributed by atoms with Crippen LogP contribution in [-0.4, -0.2) is 170 Å². The Morgan fingerprint density at radius 3 is 1.14 bits per heavy atom. The van der Waals surface area contributed by atoms with Gasteiger partial charge in [-0.15, -0.1) is 0 Å². The minimum Gasteiger partial charge on any atom is -0.748 e. The van der Waals surface area contributed by atoms with E-state index in [0.29, 0.717) is 5.41 Å². The molecule has 2 atom stereocenters. The molecule has 30 heteroatoms. The SMILES string of the molecule is CC(C)(C)C.CC(CO)NS(=O)(=O)CCCS(C)(=O)=O.CC(O)CNS(=O)(=O)CCCS(C)(=O)=O.CS(=O)(=O)CCCC(=O)[O-].CS(=O)(=O)CCCS(=O)(=O)[O-].[Li+].[Li+]. The topological polar surface area (TPSA) is 367 Å². The van der Waals surface area contributed by atoms with Gasteiger partial charge in [0, 0.05) is 49.3 Å². The van der Waals surface area contributed by atoms with Gasteiger partial charge in [0.1, 0.15) is 39.3 Å². The number of aliphatic hydroxyl groups is 2. The third-order valence-corrected chi connectivity index (χ3v) is 12.8. The average molecular weight is 971 g/mol. The third kappa shape index (κ3) is 87.6. The van der Waals surface area contributed by atoms with Gasteiger partial charge in [0.05, 0.1) is 57.3 Å². The Morgan fingerprint density at radius 1 is 0.586 bits per heavy atom. The molecule has 0 spiro atoms. The number of sulfonamides is 2. The molecule has 0 aliphatic rings. The second-order valence-electron chi connectivity index (χ2n) is 14.4. The van der Waals surface area contributed by atoms with Gasteiger partial charge in [0.15, 0.2) is 0 Å². The molecule has 0 aromatic rings. The first kappa shape index (κ1) is 72.6. The molecular weight excluding hydrogens is 907 g/mol. The number of hydrogen-bond donors (Lipinski definition) is 4. The normalized spacial score (nSPS) is 13.3. The first-order valence-electron chi connectivity index (χ1n) is 16.5. The Balaban J connectivity index is -0.000000115. The van der Waals surface area contributed by atoms with E-state index in [0.717, 1.165) is 25.0 Å². The Hall–Kier alpha value is 0.115. The first-order chi connectivity index (χ1) is 24.4. The first-order valence-corrected chi connectivity index (χ1v) is 29.6. The number of carboxylic acid groups (broad SMARTS) is 1. The fourth-order valence-electron chi connectivity index (χ4n) is 2.72. The van der Waals surface area contributed by atoms with Gasteiger partial charge in [-0.3, -0.25) is 0 Å². The van der Waals surface area contributed by atoms with Crippen LogP contribution in [0.3, 0.4) is 0 Å². The molecule has 0 aliphatic heterocycles. The second kappa shape index (κ2) is 33.6. The zero-order valence-electron chi connectivity index (χ0n) is 35.7. The molecule has 2 unspecified atom stereocenters. The number of aliphatic carboxylic acids is 1. The molecule has 0 aliphatic carbocycles. The van der Waals surface area contributed by atoms with E-state index in [1.807, 2.05) is 0 Å². The molecule has 0 bridgehead atoms. The van der Waals surface area contributed by atoms with E-state index in [1.165, 1.54) is 13.8 Å². The van der Waals surface area contributed by atoms with E-state index in [2.05, 4.69) is 37.1 Å². The van der Waals surface area contributed by atoms with Gasteiger partial charge < -0.3 is 24.7 Å². The fourth-order valence-corrected chi connectivity index (χ4v) is 8.94. The van der Waals surface area contributed by atoms with Gasteiger partial charge >= 0.3 is 37.7 Å². The molecule has 0 aromatic carbocycles. The fraction of sp³-hybridized carbons (Fsp3) is 0.964. The molecule has 0 fully saturated rings. The zero-order valence-corrected chi connectivity index (χ0v) is 41.5. The van der Waals surface area contributed by atoms with Crippen molar-refractivity contribution in [2.45, 2.75) is 85.8 Å². The molecule has 4 N–H and O–H groups in total. The van der Waals surface area contributed by atoms with Crippen molar-refractivity contribution in [1.29, 1.82) is 0 Å². The summed E-state index contributed by atoms with van der Waals surface area (Å²) in [5, 5.41) is 27.3.